The van der Waals surface area contributed by atoms with Gasteiger partial charge in [-0.3, -0.25) is 4.79 Å². The first kappa shape index (κ1) is 15.4. The van der Waals surface area contributed by atoms with Crippen molar-refractivity contribution in [3.8, 4) is 0 Å². The first-order chi connectivity index (χ1) is 11.0. The van der Waals surface area contributed by atoms with E-state index in [-0.39, 0.29) is 11.6 Å². The molecule has 3 rings (SSSR count). The van der Waals surface area contributed by atoms with Gasteiger partial charge < -0.3 is 9.88 Å². The number of aromatic amines is 1. The summed E-state index contributed by atoms with van der Waals surface area (Å²) in [6, 6.07) is 14.4. The quantitative estimate of drug-likeness (QED) is 0.698. The van der Waals surface area contributed by atoms with E-state index in [2.05, 4.69) is 4.98 Å². The number of carbonyl (C=O) groups excluding carboxylic acids is 1. The van der Waals surface area contributed by atoms with Crippen molar-refractivity contribution in [1.82, 2.24) is 4.98 Å². The van der Waals surface area contributed by atoms with Gasteiger partial charge >= 0.3 is 0 Å². The van der Waals surface area contributed by atoms with Crippen LogP contribution in [0, 0.1) is 12.7 Å². The number of ketones is 1. The van der Waals surface area contributed by atoms with E-state index in [0.29, 0.717) is 13.1 Å². The fourth-order valence-electron chi connectivity index (χ4n) is 3.06. The molecule has 1 atom stereocenters. The summed E-state index contributed by atoms with van der Waals surface area (Å²) >= 11 is 0. The number of fused-ring (bicyclic) bond motifs is 1. The first-order valence-corrected chi connectivity index (χ1v) is 7.71. The highest BCUT2D eigenvalue weighted by Gasteiger charge is 2.19. The lowest BCUT2D eigenvalue weighted by molar-refractivity contribution is -0.884. The molecular weight excluding hydrogens is 291 g/mol. The van der Waals surface area contributed by atoms with Gasteiger partial charge in [0, 0.05) is 22.2 Å². The van der Waals surface area contributed by atoms with Crippen LogP contribution in [-0.4, -0.2) is 24.4 Å². The van der Waals surface area contributed by atoms with Crippen LogP contribution in [-0.2, 0) is 6.54 Å². The Morgan fingerprint density at radius 2 is 1.96 bits per heavy atom. The highest BCUT2D eigenvalue weighted by atomic mass is 19.1. The van der Waals surface area contributed by atoms with Crippen LogP contribution in [0.15, 0.2) is 48.5 Å². The van der Waals surface area contributed by atoms with E-state index in [9.17, 15) is 9.18 Å². The highest BCUT2D eigenvalue weighted by Crippen LogP contribution is 2.21. The molecule has 0 saturated heterocycles. The third-order valence-corrected chi connectivity index (χ3v) is 4.03. The lowest BCUT2D eigenvalue weighted by Gasteiger charge is -2.13. The maximum atomic E-state index is 13.3. The summed E-state index contributed by atoms with van der Waals surface area (Å²) in [5, 5.41) is 0.966. The molecule has 0 amide bonds. The molecule has 2 aromatic carbocycles. The number of aryl methyl sites for hydroxylation is 1. The Kier molecular flexibility index (Phi) is 4.26. The van der Waals surface area contributed by atoms with Gasteiger partial charge in [-0.25, -0.2) is 4.39 Å². The van der Waals surface area contributed by atoms with Crippen LogP contribution in [0.4, 0.5) is 4.39 Å². The van der Waals surface area contributed by atoms with Gasteiger partial charge in [0.15, 0.2) is 0 Å². The molecule has 3 nitrogen and oxygen atoms in total. The molecule has 0 saturated carbocycles. The summed E-state index contributed by atoms with van der Waals surface area (Å²) in [7, 11) is 1.95. The van der Waals surface area contributed by atoms with Crippen molar-refractivity contribution < 1.29 is 14.1 Å². The molecular formula is C19H20FN2O+. The van der Waals surface area contributed by atoms with Crippen LogP contribution >= 0.6 is 0 Å². The summed E-state index contributed by atoms with van der Waals surface area (Å²) in [5.41, 5.74) is 3.54. The number of likely N-dealkylation sites (N-methyl/N-ethyl adjacent to an activating group) is 1. The van der Waals surface area contributed by atoms with E-state index in [1.54, 1.807) is 6.07 Å². The van der Waals surface area contributed by atoms with E-state index in [1.165, 1.54) is 12.1 Å². The lowest BCUT2D eigenvalue weighted by atomic mass is 10.1. The molecule has 23 heavy (non-hydrogen) atoms. The zero-order valence-corrected chi connectivity index (χ0v) is 13.3. The molecule has 0 fully saturated rings. The Balaban J connectivity index is 1.76. The number of benzene rings is 2. The topological polar surface area (TPSA) is 37.3 Å². The summed E-state index contributed by atoms with van der Waals surface area (Å²) in [6.45, 7) is 2.92. The molecule has 4 heteroatoms. The molecule has 0 spiro atoms. The number of quaternary nitrogens is 1. The number of carbonyl (C=O) groups is 1. The van der Waals surface area contributed by atoms with Gasteiger partial charge in [-0.2, -0.15) is 0 Å². The Hall–Kier alpha value is -2.46. The molecule has 118 valence electrons. The SMILES string of the molecule is Cc1[nH]c2ccccc2c1C(=O)C[NH+](C)Cc1cccc(F)c1. The molecule has 0 aliphatic rings. The normalized spacial score (nSPS) is 12.5. The third kappa shape index (κ3) is 3.32. The van der Waals surface area contributed by atoms with Crippen molar-refractivity contribution in [2.45, 2.75) is 13.5 Å². The first-order valence-electron chi connectivity index (χ1n) is 7.71. The van der Waals surface area contributed by atoms with Gasteiger partial charge in [-0.15, -0.1) is 0 Å². The molecule has 3 aromatic rings. The van der Waals surface area contributed by atoms with Gasteiger partial charge in [0.1, 0.15) is 18.9 Å². The van der Waals surface area contributed by atoms with Crippen LogP contribution < -0.4 is 4.90 Å². The van der Waals surface area contributed by atoms with Crippen LogP contribution in [0.2, 0.25) is 0 Å². The molecule has 0 bridgehead atoms. The maximum Gasteiger partial charge on any atom is 0.219 e. The van der Waals surface area contributed by atoms with Crippen LogP contribution in [0.5, 0.6) is 0 Å². The van der Waals surface area contributed by atoms with E-state index in [4.69, 9.17) is 0 Å². The van der Waals surface area contributed by atoms with E-state index in [1.807, 2.05) is 44.3 Å². The van der Waals surface area contributed by atoms with Crippen LogP contribution in [0.1, 0.15) is 21.6 Å². The molecule has 0 aliphatic heterocycles. The zero-order valence-electron chi connectivity index (χ0n) is 13.3. The zero-order chi connectivity index (χ0) is 16.4. The summed E-state index contributed by atoms with van der Waals surface area (Å²) < 4.78 is 13.3. The predicted octanol–water partition coefficient (Wildman–Crippen LogP) is 2.51. The molecule has 1 unspecified atom stereocenters. The fraction of sp³-hybridized carbons (Fsp3) is 0.211. The lowest BCUT2D eigenvalue weighted by Crippen LogP contribution is -3.08. The van der Waals surface area contributed by atoms with Crippen LogP contribution in [0.25, 0.3) is 10.9 Å². The van der Waals surface area contributed by atoms with Crippen molar-refractivity contribution in [1.29, 1.82) is 0 Å². The Labute approximate surface area is 134 Å². The largest absolute Gasteiger partial charge is 0.358 e. The average Bonchev–Trinajstić information content (AvgIpc) is 2.82. The van der Waals surface area contributed by atoms with Crippen molar-refractivity contribution >= 4 is 16.7 Å². The minimum atomic E-state index is -0.242. The third-order valence-electron chi connectivity index (χ3n) is 4.03. The number of nitrogens with one attached hydrogen (secondary N) is 2. The van der Waals surface area contributed by atoms with E-state index in [0.717, 1.165) is 32.6 Å². The second kappa shape index (κ2) is 6.34. The standard InChI is InChI=1S/C19H19FN2O/c1-13-19(16-8-3-4-9-17(16)21-13)18(23)12-22(2)11-14-6-5-7-15(20)10-14/h3-10,21H,11-12H2,1-2H3/p+1. The molecule has 2 N–H and O–H groups in total. The second-order valence-corrected chi connectivity index (χ2v) is 6.03. The Bertz CT molecular complexity index is 853. The number of Topliss-reactive ketones (excluding diaryl/α,β-unsaturated/α-hetero) is 1. The van der Waals surface area contributed by atoms with Gasteiger partial charge in [-0.1, -0.05) is 30.3 Å². The second-order valence-electron chi connectivity index (χ2n) is 6.03. The van der Waals surface area contributed by atoms with Gasteiger partial charge in [-0.05, 0) is 25.1 Å². The van der Waals surface area contributed by atoms with Crippen molar-refractivity contribution in [2.75, 3.05) is 13.6 Å². The number of hydrogen-bond acceptors (Lipinski definition) is 1. The number of rotatable bonds is 5. The smallest absolute Gasteiger partial charge is 0.219 e. The summed E-state index contributed by atoms with van der Waals surface area (Å²) in [5.74, 6) is -0.136. The number of H-pyrrole nitrogens is 1. The number of hydrogen-bond donors (Lipinski definition) is 2. The Morgan fingerprint density at radius 1 is 1.17 bits per heavy atom. The van der Waals surface area contributed by atoms with Crippen molar-refractivity contribution in [3.63, 3.8) is 0 Å². The van der Waals surface area contributed by atoms with E-state index < -0.39 is 0 Å². The minimum Gasteiger partial charge on any atom is -0.358 e. The monoisotopic (exact) mass is 311 g/mol. The van der Waals surface area contributed by atoms with Crippen molar-refractivity contribution in [3.05, 3.63) is 71.2 Å². The number of halogens is 1. The number of para-hydroxylation sites is 1. The van der Waals surface area contributed by atoms with Gasteiger partial charge in [0.2, 0.25) is 5.78 Å². The molecule has 1 heterocycles. The summed E-state index contributed by atoms with van der Waals surface area (Å²) in [4.78, 5) is 17.0. The minimum absolute atomic E-state index is 0.105. The van der Waals surface area contributed by atoms with Crippen LogP contribution in [0.3, 0.4) is 0 Å². The Morgan fingerprint density at radius 3 is 2.74 bits per heavy atom. The summed E-state index contributed by atoms with van der Waals surface area (Å²) in [6.07, 6.45) is 0. The number of aromatic nitrogens is 1. The molecule has 1 aromatic heterocycles. The average molecular weight is 311 g/mol. The predicted molar refractivity (Wildman–Crippen MR) is 89.2 cm³/mol. The maximum absolute atomic E-state index is 13.3. The molecule has 0 radical (unpaired) electrons. The van der Waals surface area contributed by atoms with Gasteiger partial charge in [0.25, 0.3) is 0 Å². The van der Waals surface area contributed by atoms with Gasteiger partial charge in [0.05, 0.1) is 12.6 Å². The molecule has 0 aliphatic carbocycles. The van der Waals surface area contributed by atoms with E-state index >= 15 is 0 Å². The highest BCUT2D eigenvalue weighted by molar-refractivity contribution is 6.09. The van der Waals surface area contributed by atoms with Crippen molar-refractivity contribution in [2.24, 2.45) is 0 Å². The fourth-order valence-corrected chi connectivity index (χ4v) is 3.06.